The highest BCUT2D eigenvalue weighted by molar-refractivity contribution is 5.85. The van der Waals surface area contributed by atoms with E-state index in [2.05, 4.69) is 43.1 Å². The van der Waals surface area contributed by atoms with Crippen LogP contribution in [-0.4, -0.2) is 53.9 Å². The number of ether oxygens (including phenoxy) is 3. The van der Waals surface area contributed by atoms with Crippen LogP contribution < -0.4 is 14.2 Å². The summed E-state index contributed by atoms with van der Waals surface area (Å²) in [6.45, 7) is -0.570. The second kappa shape index (κ2) is 9.91. The minimum absolute atomic E-state index is 0.0496. The lowest BCUT2D eigenvalue weighted by Crippen LogP contribution is -2.32. The number of hydrogen-bond donors (Lipinski definition) is 1. The van der Waals surface area contributed by atoms with Gasteiger partial charge in [-0.15, -0.1) is 0 Å². The van der Waals surface area contributed by atoms with Crippen molar-refractivity contribution in [3.05, 3.63) is 54.0 Å². The minimum atomic E-state index is -2.94. The maximum Gasteiger partial charge on any atom is 0.387 e. The lowest BCUT2D eigenvalue weighted by Gasteiger charge is -2.30. The molecule has 1 fully saturated rings. The quantitative estimate of drug-likeness (QED) is 0.367. The summed E-state index contributed by atoms with van der Waals surface area (Å²) < 4.78 is 45.6. The topological polar surface area (TPSA) is 85.6 Å². The maximum atomic E-state index is 12.6. The third-order valence-corrected chi connectivity index (χ3v) is 6.41. The largest absolute Gasteiger partial charge is 0.497 e. The lowest BCUT2D eigenvalue weighted by molar-refractivity contribution is -0.0512. The smallest absolute Gasteiger partial charge is 0.387 e. The first-order valence-corrected chi connectivity index (χ1v) is 11.4. The van der Waals surface area contributed by atoms with E-state index in [0.717, 1.165) is 37.2 Å². The third kappa shape index (κ3) is 4.93. The Bertz CT molecular complexity index is 1300. The standard InChI is InChI=1S/C25H26F2N4O4/c1-32-17-4-5-20-18(12-17)19(13-28-20)15-7-9-31(10-8-15)14-23-29-24(30-35-23)16-3-6-21(34-25(26)27)22(11-16)33-2/h3-6,11-13,15,25,28H,7-10,14H2,1-2H3. The average Bonchev–Trinajstić information content (AvgIpc) is 3.51. The highest BCUT2D eigenvalue weighted by Gasteiger charge is 2.24. The number of nitrogens with zero attached hydrogens (tertiary/aromatic N) is 3. The van der Waals surface area contributed by atoms with Crippen LogP contribution in [0.25, 0.3) is 22.3 Å². The summed E-state index contributed by atoms with van der Waals surface area (Å²) in [5, 5.41) is 5.26. The number of rotatable bonds is 8. The Kier molecular flexibility index (Phi) is 6.54. The second-order valence-corrected chi connectivity index (χ2v) is 8.46. The van der Waals surface area contributed by atoms with Gasteiger partial charge in [-0.2, -0.15) is 13.8 Å². The van der Waals surface area contributed by atoms with E-state index in [1.54, 1.807) is 19.2 Å². The molecule has 2 aromatic carbocycles. The van der Waals surface area contributed by atoms with E-state index in [-0.39, 0.29) is 11.5 Å². The number of benzene rings is 2. The number of hydrogen-bond acceptors (Lipinski definition) is 7. The van der Waals surface area contributed by atoms with Crippen LogP contribution in [0.15, 0.2) is 47.1 Å². The molecule has 0 saturated carbocycles. The molecule has 5 rings (SSSR count). The monoisotopic (exact) mass is 484 g/mol. The zero-order valence-corrected chi connectivity index (χ0v) is 19.5. The van der Waals surface area contributed by atoms with Crippen molar-refractivity contribution in [3.8, 4) is 28.6 Å². The van der Waals surface area contributed by atoms with Crippen molar-refractivity contribution in [2.45, 2.75) is 31.9 Å². The van der Waals surface area contributed by atoms with E-state index in [9.17, 15) is 8.78 Å². The summed E-state index contributed by atoms with van der Waals surface area (Å²) in [6, 6.07) is 10.7. The van der Waals surface area contributed by atoms with Gasteiger partial charge in [0.25, 0.3) is 0 Å². The van der Waals surface area contributed by atoms with Crippen molar-refractivity contribution >= 4 is 10.9 Å². The second-order valence-electron chi connectivity index (χ2n) is 8.46. The summed E-state index contributed by atoms with van der Waals surface area (Å²) in [5.74, 6) is 2.31. The van der Waals surface area contributed by atoms with Crippen LogP contribution in [0, 0.1) is 0 Å². The molecule has 0 amide bonds. The number of alkyl halides is 2. The molecule has 8 nitrogen and oxygen atoms in total. The van der Waals surface area contributed by atoms with Gasteiger partial charge in [-0.25, -0.2) is 0 Å². The fourth-order valence-electron chi connectivity index (χ4n) is 4.62. The molecule has 1 N–H and O–H groups in total. The molecule has 0 atom stereocenters. The molecule has 10 heteroatoms. The van der Waals surface area contributed by atoms with Crippen LogP contribution in [0.4, 0.5) is 8.78 Å². The number of aromatic amines is 1. The first-order valence-electron chi connectivity index (χ1n) is 11.4. The zero-order valence-electron chi connectivity index (χ0n) is 19.5. The molecule has 3 heterocycles. The molecule has 184 valence electrons. The van der Waals surface area contributed by atoms with Crippen LogP contribution in [0.3, 0.4) is 0 Å². The number of methoxy groups -OCH3 is 2. The Morgan fingerprint density at radius 2 is 1.91 bits per heavy atom. The predicted octanol–water partition coefficient (Wildman–Crippen LogP) is 5.22. The van der Waals surface area contributed by atoms with Gasteiger partial charge in [0.15, 0.2) is 11.5 Å². The Balaban J connectivity index is 1.22. The van der Waals surface area contributed by atoms with Gasteiger partial charge in [0.05, 0.1) is 20.8 Å². The van der Waals surface area contributed by atoms with Crippen LogP contribution in [-0.2, 0) is 6.54 Å². The first-order chi connectivity index (χ1) is 17.0. The van der Waals surface area contributed by atoms with Crippen molar-refractivity contribution in [1.29, 1.82) is 0 Å². The van der Waals surface area contributed by atoms with E-state index < -0.39 is 6.61 Å². The highest BCUT2D eigenvalue weighted by Crippen LogP contribution is 2.35. The summed E-state index contributed by atoms with van der Waals surface area (Å²) in [4.78, 5) is 10.2. The van der Waals surface area contributed by atoms with Crippen molar-refractivity contribution in [2.75, 3.05) is 27.3 Å². The number of aromatic nitrogens is 3. The van der Waals surface area contributed by atoms with Gasteiger partial charge in [-0.3, -0.25) is 4.90 Å². The number of likely N-dealkylation sites (tertiary alicyclic amines) is 1. The van der Waals surface area contributed by atoms with Gasteiger partial charge in [-0.05, 0) is 73.8 Å². The number of halogens is 2. The number of H-pyrrole nitrogens is 1. The molecular weight excluding hydrogens is 458 g/mol. The van der Waals surface area contributed by atoms with E-state index in [1.165, 1.54) is 24.1 Å². The Hall–Kier alpha value is -3.66. The van der Waals surface area contributed by atoms with Gasteiger partial charge >= 0.3 is 6.61 Å². The number of nitrogens with one attached hydrogen (secondary N) is 1. The van der Waals surface area contributed by atoms with Crippen LogP contribution >= 0.6 is 0 Å². The molecule has 2 aromatic heterocycles. The summed E-state index contributed by atoms with van der Waals surface area (Å²) in [7, 11) is 3.07. The molecule has 0 bridgehead atoms. The summed E-state index contributed by atoms with van der Waals surface area (Å²) in [5.41, 5.74) is 3.03. The Morgan fingerprint density at radius 1 is 1.09 bits per heavy atom. The number of piperidine rings is 1. The third-order valence-electron chi connectivity index (χ3n) is 6.41. The Labute approximate surface area is 200 Å². The number of fused-ring (bicyclic) bond motifs is 1. The molecule has 0 aliphatic carbocycles. The fraction of sp³-hybridized carbons (Fsp3) is 0.360. The summed E-state index contributed by atoms with van der Waals surface area (Å²) in [6.07, 6.45) is 4.16. The minimum Gasteiger partial charge on any atom is -0.497 e. The molecule has 4 aromatic rings. The van der Waals surface area contributed by atoms with Gasteiger partial charge in [0.2, 0.25) is 11.7 Å². The predicted molar refractivity (Wildman–Crippen MR) is 125 cm³/mol. The van der Waals surface area contributed by atoms with Gasteiger partial charge in [-0.1, -0.05) is 5.16 Å². The van der Waals surface area contributed by atoms with Crippen molar-refractivity contribution in [3.63, 3.8) is 0 Å². The van der Waals surface area contributed by atoms with Gasteiger partial charge in [0, 0.05) is 22.7 Å². The van der Waals surface area contributed by atoms with Gasteiger partial charge in [0.1, 0.15) is 5.75 Å². The van der Waals surface area contributed by atoms with Crippen molar-refractivity contribution in [1.82, 2.24) is 20.0 Å². The van der Waals surface area contributed by atoms with Gasteiger partial charge < -0.3 is 23.7 Å². The average molecular weight is 485 g/mol. The maximum absolute atomic E-state index is 12.6. The fourth-order valence-corrected chi connectivity index (χ4v) is 4.62. The lowest BCUT2D eigenvalue weighted by atomic mass is 9.89. The molecule has 0 radical (unpaired) electrons. The van der Waals surface area contributed by atoms with E-state index >= 15 is 0 Å². The van der Waals surface area contributed by atoms with Crippen LogP contribution in [0.5, 0.6) is 17.2 Å². The van der Waals surface area contributed by atoms with E-state index in [4.69, 9.17) is 14.0 Å². The molecular formula is C25H26F2N4O4. The SMILES string of the molecule is COc1ccc2[nH]cc(C3CCN(Cc4nc(-c5ccc(OC(F)F)c(OC)c5)no4)CC3)c2c1. The molecule has 0 spiro atoms. The highest BCUT2D eigenvalue weighted by atomic mass is 19.3. The van der Waals surface area contributed by atoms with Crippen molar-refractivity contribution < 1.29 is 27.5 Å². The summed E-state index contributed by atoms with van der Waals surface area (Å²) >= 11 is 0. The van der Waals surface area contributed by atoms with Crippen LogP contribution in [0.2, 0.25) is 0 Å². The molecule has 35 heavy (non-hydrogen) atoms. The Morgan fingerprint density at radius 3 is 2.66 bits per heavy atom. The molecule has 1 aliphatic heterocycles. The molecule has 1 saturated heterocycles. The zero-order chi connectivity index (χ0) is 24.4. The van der Waals surface area contributed by atoms with Crippen molar-refractivity contribution in [2.24, 2.45) is 0 Å². The normalized spacial score (nSPS) is 15.1. The first kappa shape index (κ1) is 23.1. The molecule has 1 aliphatic rings. The van der Waals surface area contributed by atoms with E-state index in [1.807, 2.05) is 6.07 Å². The van der Waals surface area contributed by atoms with E-state index in [0.29, 0.717) is 29.7 Å². The molecule has 0 unspecified atom stereocenters. The van der Waals surface area contributed by atoms with Crippen LogP contribution in [0.1, 0.15) is 30.2 Å².